The quantitative estimate of drug-likeness (QED) is 0.674. The van der Waals surface area contributed by atoms with Crippen LogP contribution in [0.15, 0.2) is 12.4 Å². The van der Waals surface area contributed by atoms with Crippen LogP contribution in [0.5, 0.6) is 0 Å². The van der Waals surface area contributed by atoms with Gasteiger partial charge in [-0.05, 0) is 44.9 Å². The van der Waals surface area contributed by atoms with Gasteiger partial charge in [-0.1, -0.05) is 11.6 Å². The molecule has 1 N–H and O–H groups in total. The standard InChI is InChI=1S/C20H29ClN4O5S/c1-12-6-16(24-31(3,27)28)17(25(12)19(26)29-2)11-30-15-4-5-20(8-13(20)7-15)18-22-9-14(21)10-23-18/h9-10,12-13,15-17,24H,4-8,11H2,1-3H3/t12-,13+,15-,16+,17+,20+/m1/s1. The monoisotopic (exact) mass is 472 g/mol. The van der Waals surface area contributed by atoms with E-state index in [1.807, 2.05) is 6.92 Å². The number of ether oxygens (including phenoxy) is 2. The number of rotatable bonds is 6. The summed E-state index contributed by atoms with van der Waals surface area (Å²) in [5.74, 6) is 1.33. The summed E-state index contributed by atoms with van der Waals surface area (Å²) in [6, 6.07) is -0.970. The Kier molecular flexibility index (Phi) is 6.19. The maximum absolute atomic E-state index is 12.3. The van der Waals surface area contributed by atoms with Gasteiger partial charge in [0.25, 0.3) is 0 Å². The molecule has 9 nitrogen and oxygen atoms in total. The fourth-order valence-electron chi connectivity index (χ4n) is 5.37. The Morgan fingerprint density at radius 3 is 2.68 bits per heavy atom. The Bertz CT molecular complexity index is 930. The van der Waals surface area contributed by atoms with Crippen LogP contribution in [0.1, 0.15) is 44.9 Å². The topological polar surface area (TPSA) is 111 Å². The average molecular weight is 473 g/mol. The predicted octanol–water partition coefficient (Wildman–Crippen LogP) is 2.10. The first-order chi connectivity index (χ1) is 14.6. The number of nitrogens with zero attached hydrogens (tertiary/aromatic N) is 3. The second-order valence-electron chi connectivity index (χ2n) is 9.04. The zero-order chi connectivity index (χ0) is 22.4. The first kappa shape index (κ1) is 22.7. The van der Waals surface area contributed by atoms with E-state index < -0.39 is 28.2 Å². The van der Waals surface area contributed by atoms with Gasteiger partial charge in [-0.3, -0.25) is 4.90 Å². The van der Waals surface area contributed by atoms with E-state index >= 15 is 0 Å². The van der Waals surface area contributed by atoms with Crippen molar-refractivity contribution in [3.63, 3.8) is 0 Å². The molecular weight excluding hydrogens is 444 g/mol. The Balaban J connectivity index is 1.39. The van der Waals surface area contributed by atoms with Crippen molar-refractivity contribution in [2.45, 2.75) is 68.7 Å². The molecule has 1 aromatic heterocycles. The summed E-state index contributed by atoms with van der Waals surface area (Å²) >= 11 is 5.92. The minimum Gasteiger partial charge on any atom is -0.453 e. The smallest absolute Gasteiger partial charge is 0.410 e. The molecule has 2 aliphatic carbocycles. The molecule has 1 saturated heterocycles. The molecule has 31 heavy (non-hydrogen) atoms. The molecule has 3 fully saturated rings. The number of halogens is 1. The summed E-state index contributed by atoms with van der Waals surface area (Å²) in [5, 5.41) is 0.535. The van der Waals surface area contributed by atoms with Crippen molar-refractivity contribution in [3.05, 3.63) is 23.2 Å². The molecule has 6 atom stereocenters. The lowest BCUT2D eigenvalue weighted by Gasteiger charge is -2.32. The fraction of sp³-hybridized carbons (Fsp3) is 0.750. The highest BCUT2D eigenvalue weighted by Crippen LogP contribution is 2.61. The van der Waals surface area contributed by atoms with Crippen LogP contribution in [-0.2, 0) is 24.9 Å². The third kappa shape index (κ3) is 4.67. The number of amides is 1. The normalized spacial score (nSPS) is 35.0. The first-order valence-electron chi connectivity index (χ1n) is 10.6. The van der Waals surface area contributed by atoms with Crippen molar-refractivity contribution in [2.75, 3.05) is 20.0 Å². The number of fused-ring (bicyclic) bond motifs is 1. The number of carbonyl (C=O) groups excluding carboxylic acids is 1. The number of likely N-dealkylation sites (tertiary alicyclic amines) is 1. The van der Waals surface area contributed by atoms with Crippen molar-refractivity contribution < 1.29 is 22.7 Å². The number of nitrogens with one attached hydrogen (secondary N) is 1. The van der Waals surface area contributed by atoms with Gasteiger partial charge in [0.15, 0.2) is 0 Å². The van der Waals surface area contributed by atoms with Crippen molar-refractivity contribution in [1.29, 1.82) is 0 Å². The first-order valence-corrected chi connectivity index (χ1v) is 12.8. The highest BCUT2D eigenvalue weighted by molar-refractivity contribution is 7.88. The summed E-state index contributed by atoms with van der Waals surface area (Å²) in [5.41, 5.74) is 0.0325. The number of hydrogen-bond acceptors (Lipinski definition) is 7. The Morgan fingerprint density at radius 2 is 2.06 bits per heavy atom. The van der Waals surface area contributed by atoms with Crippen LogP contribution in [0, 0.1) is 5.92 Å². The summed E-state index contributed by atoms with van der Waals surface area (Å²) in [6.45, 7) is 2.15. The zero-order valence-electron chi connectivity index (χ0n) is 18.0. The molecule has 0 aromatic carbocycles. The van der Waals surface area contributed by atoms with E-state index in [1.165, 1.54) is 7.11 Å². The summed E-state index contributed by atoms with van der Waals surface area (Å²) < 4.78 is 37.5. The number of hydrogen-bond donors (Lipinski definition) is 1. The van der Waals surface area contributed by atoms with Gasteiger partial charge >= 0.3 is 6.09 Å². The van der Waals surface area contributed by atoms with E-state index in [1.54, 1.807) is 17.3 Å². The second kappa shape index (κ2) is 8.46. The van der Waals surface area contributed by atoms with Crippen LogP contribution in [0.25, 0.3) is 0 Å². The molecule has 0 unspecified atom stereocenters. The molecule has 1 aromatic rings. The van der Waals surface area contributed by atoms with E-state index in [0.717, 1.165) is 37.8 Å². The largest absolute Gasteiger partial charge is 0.453 e. The Hall–Kier alpha value is -1.49. The van der Waals surface area contributed by atoms with Crippen molar-refractivity contribution in [2.24, 2.45) is 5.92 Å². The minimum absolute atomic E-state index is 0.0325. The molecule has 0 radical (unpaired) electrons. The van der Waals surface area contributed by atoms with Gasteiger partial charge in [0.05, 0.1) is 37.1 Å². The van der Waals surface area contributed by atoms with Crippen LogP contribution >= 0.6 is 11.6 Å². The number of carbonyl (C=O) groups is 1. The van der Waals surface area contributed by atoms with Crippen molar-refractivity contribution in [1.82, 2.24) is 19.6 Å². The summed E-state index contributed by atoms with van der Waals surface area (Å²) in [4.78, 5) is 22.8. The molecular formula is C20H29ClN4O5S. The molecule has 1 amide bonds. The predicted molar refractivity (Wildman–Crippen MR) is 114 cm³/mol. The van der Waals surface area contributed by atoms with Crippen LogP contribution < -0.4 is 4.72 Å². The van der Waals surface area contributed by atoms with Crippen molar-refractivity contribution in [3.8, 4) is 0 Å². The molecule has 2 heterocycles. The van der Waals surface area contributed by atoms with Crippen LogP contribution in [0.4, 0.5) is 4.79 Å². The van der Waals surface area contributed by atoms with Gasteiger partial charge in [0.1, 0.15) is 5.82 Å². The lowest BCUT2D eigenvalue weighted by molar-refractivity contribution is -0.0103. The SMILES string of the molecule is COC(=O)N1[C@H](C)C[C@H](NS(C)(=O)=O)[C@@H]1CO[C@@H]1CC[C@]2(c3ncc(Cl)cn3)C[C@@H]2C1. The Morgan fingerprint density at radius 1 is 1.35 bits per heavy atom. The van der Waals surface area contributed by atoms with E-state index in [9.17, 15) is 13.2 Å². The van der Waals surface area contributed by atoms with Gasteiger partial charge < -0.3 is 9.47 Å². The lowest BCUT2D eigenvalue weighted by Crippen LogP contribution is -2.50. The highest BCUT2D eigenvalue weighted by atomic mass is 35.5. The minimum atomic E-state index is -3.41. The van der Waals surface area contributed by atoms with E-state index in [0.29, 0.717) is 17.4 Å². The van der Waals surface area contributed by atoms with E-state index in [2.05, 4.69) is 14.7 Å². The third-order valence-electron chi connectivity index (χ3n) is 6.90. The second-order valence-corrected chi connectivity index (χ2v) is 11.3. The molecule has 0 spiro atoms. The van der Waals surface area contributed by atoms with Crippen LogP contribution in [0.3, 0.4) is 0 Å². The molecule has 1 aliphatic heterocycles. The lowest BCUT2D eigenvalue weighted by atomic mass is 9.86. The fourth-order valence-corrected chi connectivity index (χ4v) is 6.27. The maximum atomic E-state index is 12.3. The Labute approximate surface area is 187 Å². The van der Waals surface area contributed by atoms with E-state index in [4.69, 9.17) is 21.1 Å². The van der Waals surface area contributed by atoms with Crippen LogP contribution in [0.2, 0.25) is 5.02 Å². The average Bonchev–Trinajstić information content (AvgIpc) is 3.36. The maximum Gasteiger partial charge on any atom is 0.410 e. The third-order valence-corrected chi connectivity index (χ3v) is 7.83. The van der Waals surface area contributed by atoms with Crippen LogP contribution in [-0.4, -0.2) is 73.6 Å². The molecule has 11 heteroatoms. The molecule has 2 saturated carbocycles. The number of sulfonamides is 1. The van der Waals surface area contributed by atoms with Gasteiger partial charge in [-0.25, -0.2) is 27.9 Å². The van der Waals surface area contributed by atoms with Gasteiger partial charge in [-0.2, -0.15) is 0 Å². The van der Waals surface area contributed by atoms with Crippen molar-refractivity contribution >= 4 is 27.7 Å². The number of aromatic nitrogens is 2. The highest BCUT2D eigenvalue weighted by Gasteiger charge is 2.60. The molecule has 4 rings (SSSR count). The summed E-state index contributed by atoms with van der Waals surface area (Å²) in [6.07, 6.45) is 8.28. The van der Waals surface area contributed by atoms with Gasteiger partial charge in [-0.15, -0.1) is 0 Å². The van der Waals surface area contributed by atoms with Gasteiger partial charge in [0, 0.05) is 29.9 Å². The summed E-state index contributed by atoms with van der Waals surface area (Å²) in [7, 11) is -2.08. The molecule has 3 aliphatic rings. The van der Waals surface area contributed by atoms with Gasteiger partial charge in [0.2, 0.25) is 10.0 Å². The molecule has 172 valence electrons. The van der Waals surface area contributed by atoms with E-state index in [-0.39, 0.29) is 24.2 Å². The molecule has 0 bridgehead atoms. The number of methoxy groups -OCH3 is 1. The zero-order valence-corrected chi connectivity index (χ0v) is 19.5.